The molecular formula is C21H28N2O5S. The molecule has 0 aromatic heterocycles. The van der Waals surface area contributed by atoms with Gasteiger partial charge in [-0.15, -0.1) is 0 Å². The molecule has 1 N–H and O–H groups in total. The summed E-state index contributed by atoms with van der Waals surface area (Å²) in [5, 5.41) is 2.92. The van der Waals surface area contributed by atoms with Gasteiger partial charge < -0.3 is 14.8 Å². The van der Waals surface area contributed by atoms with E-state index in [0.29, 0.717) is 17.9 Å². The summed E-state index contributed by atoms with van der Waals surface area (Å²) in [6, 6.07) is 12.4. The van der Waals surface area contributed by atoms with Crippen LogP contribution in [0.25, 0.3) is 0 Å². The maximum Gasteiger partial charge on any atom is 0.241 e. The number of ether oxygens (including phenoxy) is 2. The lowest BCUT2D eigenvalue weighted by atomic mass is 10.0. The predicted molar refractivity (Wildman–Crippen MR) is 114 cm³/mol. The Morgan fingerprint density at radius 2 is 1.76 bits per heavy atom. The lowest BCUT2D eigenvalue weighted by Crippen LogP contribution is -2.41. The van der Waals surface area contributed by atoms with Crippen LogP contribution in [0.3, 0.4) is 0 Å². The smallest absolute Gasteiger partial charge is 0.241 e. The maximum absolute atomic E-state index is 12.7. The van der Waals surface area contributed by atoms with E-state index in [1.807, 2.05) is 44.2 Å². The van der Waals surface area contributed by atoms with E-state index >= 15 is 0 Å². The molecule has 0 heterocycles. The minimum Gasteiger partial charge on any atom is -0.497 e. The highest BCUT2D eigenvalue weighted by molar-refractivity contribution is 7.92. The molecule has 0 fully saturated rings. The molecule has 0 aliphatic rings. The second kappa shape index (κ2) is 9.65. The average Bonchev–Trinajstić information content (AvgIpc) is 2.69. The van der Waals surface area contributed by atoms with Gasteiger partial charge in [-0.2, -0.15) is 0 Å². The van der Waals surface area contributed by atoms with E-state index in [0.717, 1.165) is 27.4 Å². The average molecular weight is 421 g/mol. The molecule has 2 aromatic carbocycles. The van der Waals surface area contributed by atoms with Crippen molar-refractivity contribution >= 4 is 21.6 Å². The van der Waals surface area contributed by atoms with Crippen LogP contribution in [0.5, 0.6) is 11.5 Å². The molecule has 2 aromatic rings. The van der Waals surface area contributed by atoms with E-state index in [4.69, 9.17) is 9.47 Å². The highest BCUT2D eigenvalue weighted by Crippen LogP contribution is 2.31. The van der Waals surface area contributed by atoms with E-state index in [1.54, 1.807) is 19.2 Å². The van der Waals surface area contributed by atoms with Crippen molar-refractivity contribution in [2.45, 2.75) is 26.3 Å². The standard InChI is InChI=1S/C21H28N2O5S/c1-6-18(16-8-10-17(27-3)11-9-16)22-21(24)14-23(29(5,25)26)19-13-15(2)7-12-20(19)28-4/h7-13,18H,6,14H2,1-5H3,(H,22,24)/t18-/m0/s1. The zero-order valence-electron chi connectivity index (χ0n) is 17.4. The maximum atomic E-state index is 12.7. The minimum absolute atomic E-state index is 0.241. The quantitative estimate of drug-likeness (QED) is 0.674. The van der Waals surface area contributed by atoms with Gasteiger partial charge in [0.1, 0.15) is 18.0 Å². The molecule has 0 saturated carbocycles. The number of hydrogen-bond acceptors (Lipinski definition) is 5. The molecule has 0 spiro atoms. The Kier molecular flexibility index (Phi) is 7.50. The first-order chi connectivity index (χ1) is 13.7. The van der Waals surface area contributed by atoms with E-state index in [-0.39, 0.29) is 12.6 Å². The molecule has 0 aliphatic heterocycles. The third-order valence-electron chi connectivity index (χ3n) is 4.55. The Bertz CT molecular complexity index is 942. The third kappa shape index (κ3) is 5.87. The minimum atomic E-state index is -3.70. The first-order valence-corrected chi connectivity index (χ1v) is 11.1. The van der Waals surface area contributed by atoms with Gasteiger partial charge in [0, 0.05) is 0 Å². The summed E-state index contributed by atoms with van der Waals surface area (Å²) in [6.45, 7) is 3.46. The molecule has 1 amide bonds. The summed E-state index contributed by atoms with van der Waals surface area (Å²) in [7, 11) is -0.648. The molecule has 1 atom stereocenters. The van der Waals surface area contributed by atoms with Crippen molar-refractivity contribution in [2.24, 2.45) is 0 Å². The topological polar surface area (TPSA) is 84.9 Å². The lowest BCUT2D eigenvalue weighted by Gasteiger charge is -2.25. The number of nitrogens with zero attached hydrogens (tertiary/aromatic N) is 1. The zero-order chi connectivity index (χ0) is 21.6. The molecule has 0 aliphatic carbocycles. The number of amides is 1. The van der Waals surface area contributed by atoms with Gasteiger partial charge in [0.2, 0.25) is 15.9 Å². The van der Waals surface area contributed by atoms with Gasteiger partial charge in [-0.1, -0.05) is 25.1 Å². The van der Waals surface area contributed by atoms with E-state index in [9.17, 15) is 13.2 Å². The Hall–Kier alpha value is -2.74. The SMILES string of the molecule is CC[C@H](NC(=O)CN(c1cc(C)ccc1OC)S(C)(=O)=O)c1ccc(OC)cc1. The van der Waals surface area contributed by atoms with Crippen molar-refractivity contribution < 1.29 is 22.7 Å². The third-order valence-corrected chi connectivity index (χ3v) is 5.68. The van der Waals surface area contributed by atoms with Crippen LogP contribution in [0.4, 0.5) is 5.69 Å². The van der Waals surface area contributed by atoms with Crippen LogP contribution in [-0.2, 0) is 14.8 Å². The first-order valence-electron chi connectivity index (χ1n) is 9.25. The van der Waals surface area contributed by atoms with Gasteiger partial charge in [-0.3, -0.25) is 9.10 Å². The van der Waals surface area contributed by atoms with Gasteiger partial charge >= 0.3 is 0 Å². The van der Waals surface area contributed by atoms with Gasteiger partial charge in [0.15, 0.2) is 0 Å². The summed E-state index contributed by atoms with van der Waals surface area (Å²) in [6.07, 6.45) is 1.73. The van der Waals surface area contributed by atoms with Gasteiger partial charge in [0.05, 0.1) is 32.2 Å². The largest absolute Gasteiger partial charge is 0.497 e. The van der Waals surface area contributed by atoms with Gasteiger partial charge in [0.25, 0.3) is 0 Å². The van der Waals surface area contributed by atoms with Crippen molar-refractivity contribution in [3.05, 3.63) is 53.6 Å². The molecule has 0 saturated heterocycles. The van der Waals surface area contributed by atoms with Gasteiger partial charge in [-0.05, 0) is 48.7 Å². The van der Waals surface area contributed by atoms with Crippen LogP contribution in [0.2, 0.25) is 0 Å². The normalized spacial score (nSPS) is 12.2. The number of rotatable bonds is 9. The highest BCUT2D eigenvalue weighted by Gasteiger charge is 2.25. The summed E-state index contributed by atoms with van der Waals surface area (Å²) >= 11 is 0. The Labute approximate surface area is 172 Å². The number of hydrogen-bond donors (Lipinski definition) is 1. The van der Waals surface area contributed by atoms with Crippen LogP contribution in [0.15, 0.2) is 42.5 Å². The van der Waals surface area contributed by atoms with E-state index in [1.165, 1.54) is 7.11 Å². The molecular weight excluding hydrogens is 392 g/mol. The molecule has 0 bridgehead atoms. The van der Waals surface area contributed by atoms with Crippen LogP contribution in [0, 0.1) is 6.92 Å². The molecule has 8 heteroatoms. The monoisotopic (exact) mass is 420 g/mol. The molecule has 0 unspecified atom stereocenters. The summed E-state index contributed by atoms with van der Waals surface area (Å²) in [4.78, 5) is 12.7. The fourth-order valence-electron chi connectivity index (χ4n) is 3.00. The van der Waals surface area contributed by atoms with Crippen molar-refractivity contribution in [3.8, 4) is 11.5 Å². The van der Waals surface area contributed by atoms with E-state index < -0.39 is 15.9 Å². The Balaban J connectivity index is 2.25. The number of nitrogens with one attached hydrogen (secondary N) is 1. The number of anilines is 1. The van der Waals surface area contributed by atoms with Gasteiger partial charge in [-0.25, -0.2) is 8.42 Å². The number of methoxy groups -OCH3 is 2. The summed E-state index contributed by atoms with van der Waals surface area (Å²) in [5.74, 6) is 0.711. The number of aryl methyl sites for hydroxylation is 1. The first kappa shape index (κ1) is 22.5. The molecule has 29 heavy (non-hydrogen) atoms. The Morgan fingerprint density at radius 1 is 1.10 bits per heavy atom. The number of carbonyl (C=O) groups excluding carboxylic acids is 1. The number of sulfonamides is 1. The van der Waals surface area contributed by atoms with Crippen molar-refractivity contribution in [1.29, 1.82) is 0 Å². The van der Waals surface area contributed by atoms with Crippen LogP contribution in [-0.4, -0.2) is 41.3 Å². The van der Waals surface area contributed by atoms with Crippen molar-refractivity contribution in [3.63, 3.8) is 0 Å². The lowest BCUT2D eigenvalue weighted by molar-refractivity contribution is -0.120. The second-order valence-electron chi connectivity index (χ2n) is 6.75. The fourth-order valence-corrected chi connectivity index (χ4v) is 3.86. The predicted octanol–water partition coefficient (Wildman–Crippen LogP) is 3.05. The Morgan fingerprint density at radius 3 is 2.28 bits per heavy atom. The van der Waals surface area contributed by atoms with Crippen LogP contribution < -0.4 is 19.1 Å². The molecule has 2 rings (SSSR count). The number of carbonyl (C=O) groups is 1. The highest BCUT2D eigenvalue weighted by atomic mass is 32.2. The zero-order valence-corrected chi connectivity index (χ0v) is 18.2. The fraction of sp³-hybridized carbons (Fsp3) is 0.381. The number of benzene rings is 2. The molecule has 0 radical (unpaired) electrons. The summed E-state index contributed by atoms with van der Waals surface area (Å²) in [5.41, 5.74) is 2.11. The molecule has 158 valence electrons. The van der Waals surface area contributed by atoms with E-state index in [2.05, 4.69) is 5.32 Å². The van der Waals surface area contributed by atoms with Crippen molar-refractivity contribution in [2.75, 3.05) is 31.3 Å². The van der Waals surface area contributed by atoms with Crippen LogP contribution >= 0.6 is 0 Å². The molecule has 7 nitrogen and oxygen atoms in total. The van der Waals surface area contributed by atoms with Crippen LogP contribution in [0.1, 0.15) is 30.5 Å². The van der Waals surface area contributed by atoms with Crippen molar-refractivity contribution in [1.82, 2.24) is 5.32 Å². The summed E-state index contributed by atoms with van der Waals surface area (Å²) < 4.78 is 36.4. The second-order valence-corrected chi connectivity index (χ2v) is 8.65.